The van der Waals surface area contributed by atoms with E-state index in [4.69, 9.17) is 4.74 Å². The molecule has 0 amide bonds. The highest BCUT2D eigenvalue weighted by molar-refractivity contribution is 5.38. The number of benzene rings is 1. The maximum atomic E-state index is 5.65. The molecule has 1 aromatic rings. The third kappa shape index (κ3) is 3.53. The molecule has 0 aliphatic rings. The van der Waals surface area contributed by atoms with Crippen molar-refractivity contribution in [3.63, 3.8) is 0 Å². The van der Waals surface area contributed by atoms with Crippen molar-refractivity contribution in [1.82, 2.24) is 5.32 Å². The number of hydrogen-bond acceptors (Lipinski definition) is 2. The van der Waals surface area contributed by atoms with Crippen LogP contribution in [0.4, 0.5) is 0 Å². The van der Waals surface area contributed by atoms with Crippen LogP contribution in [0.3, 0.4) is 0 Å². The summed E-state index contributed by atoms with van der Waals surface area (Å²) in [6, 6.07) is 6.72. The zero-order valence-corrected chi connectivity index (χ0v) is 10.8. The number of hydrogen-bond donors (Lipinski definition) is 1. The molecule has 0 bridgehead atoms. The van der Waals surface area contributed by atoms with E-state index in [9.17, 15) is 0 Å². The third-order valence-electron chi connectivity index (χ3n) is 2.63. The molecule has 0 heterocycles. The highest BCUT2D eigenvalue weighted by atomic mass is 16.5. The van der Waals surface area contributed by atoms with Crippen LogP contribution in [0.1, 0.15) is 44.4 Å². The predicted octanol–water partition coefficient (Wildman–Crippen LogP) is 3.45. The summed E-state index contributed by atoms with van der Waals surface area (Å²) in [6.07, 6.45) is 1.15. The van der Waals surface area contributed by atoms with E-state index in [1.165, 1.54) is 11.1 Å². The summed E-state index contributed by atoms with van der Waals surface area (Å²) >= 11 is 0. The molecular formula is C14H23NO. The molecule has 0 saturated carbocycles. The summed E-state index contributed by atoms with van der Waals surface area (Å²) in [7, 11) is 0. The minimum absolute atomic E-state index is 0.349. The second-order valence-electron chi connectivity index (χ2n) is 4.15. The van der Waals surface area contributed by atoms with Gasteiger partial charge in [0.05, 0.1) is 6.61 Å². The molecule has 0 aliphatic carbocycles. The average Bonchev–Trinajstić information content (AvgIpc) is 2.28. The van der Waals surface area contributed by atoms with E-state index in [1.54, 1.807) is 0 Å². The molecule has 0 radical (unpaired) electrons. The van der Waals surface area contributed by atoms with E-state index in [1.807, 2.05) is 6.92 Å². The van der Waals surface area contributed by atoms with Crippen LogP contribution in [-0.2, 0) is 0 Å². The predicted molar refractivity (Wildman–Crippen MR) is 69.1 cm³/mol. The van der Waals surface area contributed by atoms with Crippen molar-refractivity contribution >= 4 is 0 Å². The highest BCUT2D eigenvalue weighted by Gasteiger charge is 2.10. The molecule has 1 unspecified atom stereocenters. The summed E-state index contributed by atoms with van der Waals surface area (Å²) in [6.45, 7) is 10.3. The molecule has 90 valence electrons. The molecule has 1 N–H and O–H groups in total. The third-order valence-corrected chi connectivity index (χ3v) is 2.63. The van der Waals surface area contributed by atoms with Gasteiger partial charge in [0.2, 0.25) is 0 Å². The Morgan fingerprint density at radius 3 is 2.69 bits per heavy atom. The summed E-state index contributed by atoms with van der Waals surface area (Å²) in [5.74, 6) is 1.00. The second-order valence-corrected chi connectivity index (χ2v) is 4.15. The van der Waals surface area contributed by atoms with Gasteiger partial charge in [-0.1, -0.05) is 24.6 Å². The fourth-order valence-electron chi connectivity index (χ4n) is 1.76. The Morgan fingerprint density at radius 1 is 1.31 bits per heavy atom. The lowest BCUT2D eigenvalue weighted by Crippen LogP contribution is -2.20. The Balaban J connectivity index is 2.85. The van der Waals surface area contributed by atoms with Crippen molar-refractivity contribution in [2.45, 2.75) is 40.2 Å². The summed E-state index contributed by atoms with van der Waals surface area (Å²) in [5.41, 5.74) is 2.54. The van der Waals surface area contributed by atoms with Crippen LogP contribution < -0.4 is 10.1 Å². The molecule has 0 aromatic heterocycles. The lowest BCUT2D eigenvalue weighted by atomic mass is 10.0. The first-order chi connectivity index (χ1) is 7.69. The summed E-state index contributed by atoms with van der Waals surface area (Å²) in [4.78, 5) is 0. The molecule has 0 spiro atoms. The van der Waals surface area contributed by atoms with Crippen LogP contribution >= 0.6 is 0 Å². The van der Waals surface area contributed by atoms with Crippen LogP contribution in [0.2, 0.25) is 0 Å². The minimum atomic E-state index is 0.349. The molecule has 2 heteroatoms. The first-order valence-electron chi connectivity index (χ1n) is 6.15. The van der Waals surface area contributed by atoms with E-state index >= 15 is 0 Å². The largest absolute Gasteiger partial charge is 0.494 e. The zero-order chi connectivity index (χ0) is 12.0. The van der Waals surface area contributed by atoms with E-state index in [0.717, 1.165) is 25.3 Å². The Hall–Kier alpha value is -1.02. The number of ether oxygens (including phenoxy) is 1. The van der Waals surface area contributed by atoms with Gasteiger partial charge in [-0.25, -0.2) is 0 Å². The van der Waals surface area contributed by atoms with Crippen LogP contribution in [0.25, 0.3) is 0 Å². The Bertz CT molecular complexity index is 323. The van der Waals surface area contributed by atoms with E-state index in [-0.39, 0.29) is 0 Å². The van der Waals surface area contributed by atoms with Crippen molar-refractivity contribution in [3.8, 4) is 5.75 Å². The number of aryl methyl sites for hydroxylation is 1. The van der Waals surface area contributed by atoms with Crippen LogP contribution in [0, 0.1) is 6.92 Å². The van der Waals surface area contributed by atoms with Gasteiger partial charge in [-0.3, -0.25) is 0 Å². The number of nitrogens with one attached hydrogen (secondary N) is 1. The highest BCUT2D eigenvalue weighted by Crippen LogP contribution is 2.26. The monoisotopic (exact) mass is 221 g/mol. The Morgan fingerprint density at radius 2 is 2.06 bits per heavy atom. The van der Waals surface area contributed by atoms with Crippen molar-refractivity contribution < 1.29 is 4.74 Å². The fourth-order valence-corrected chi connectivity index (χ4v) is 1.76. The topological polar surface area (TPSA) is 21.3 Å². The minimum Gasteiger partial charge on any atom is -0.494 e. The van der Waals surface area contributed by atoms with Crippen LogP contribution in [0.5, 0.6) is 5.75 Å². The average molecular weight is 221 g/mol. The SMILES string of the molecule is CCCNC(C)c1cc(C)ccc1OCC. The van der Waals surface area contributed by atoms with E-state index < -0.39 is 0 Å². The van der Waals surface area contributed by atoms with Crippen molar-refractivity contribution in [3.05, 3.63) is 29.3 Å². The lowest BCUT2D eigenvalue weighted by molar-refractivity contribution is 0.332. The quantitative estimate of drug-likeness (QED) is 0.794. The standard InChI is InChI=1S/C14H23NO/c1-5-9-15-12(4)13-10-11(3)7-8-14(13)16-6-2/h7-8,10,12,15H,5-6,9H2,1-4H3. The smallest absolute Gasteiger partial charge is 0.124 e. The van der Waals surface area contributed by atoms with E-state index in [0.29, 0.717) is 6.04 Å². The van der Waals surface area contributed by atoms with Gasteiger partial charge < -0.3 is 10.1 Å². The van der Waals surface area contributed by atoms with Gasteiger partial charge in [-0.05, 0) is 39.8 Å². The van der Waals surface area contributed by atoms with Gasteiger partial charge in [-0.2, -0.15) is 0 Å². The van der Waals surface area contributed by atoms with Crippen molar-refractivity contribution in [1.29, 1.82) is 0 Å². The molecule has 16 heavy (non-hydrogen) atoms. The molecule has 1 aromatic carbocycles. The molecular weight excluding hydrogens is 198 g/mol. The van der Waals surface area contributed by atoms with Gasteiger partial charge in [0.1, 0.15) is 5.75 Å². The maximum absolute atomic E-state index is 5.65. The molecule has 0 saturated heterocycles. The fraction of sp³-hybridized carbons (Fsp3) is 0.571. The van der Waals surface area contributed by atoms with Gasteiger partial charge in [0.15, 0.2) is 0 Å². The molecule has 2 nitrogen and oxygen atoms in total. The van der Waals surface area contributed by atoms with Crippen molar-refractivity contribution in [2.24, 2.45) is 0 Å². The Labute approximate surface area is 99.0 Å². The van der Waals surface area contributed by atoms with Crippen molar-refractivity contribution in [2.75, 3.05) is 13.2 Å². The number of rotatable bonds is 6. The maximum Gasteiger partial charge on any atom is 0.124 e. The van der Waals surface area contributed by atoms with Crippen LogP contribution in [-0.4, -0.2) is 13.2 Å². The van der Waals surface area contributed by atoms with Gasteiger partial charge in [-0.15, -0.1) is 0 Å². The van der Waals surface area contributed by atoms with E-state index in [2.05, 4.69) is 44.3 Å². The summed E-state index contributed by atoms with van der Waals surface area (Å²) < 4.78 is 5.65. The van der Waals surface area contributed by atoms with Gasteiger partial charge in [0.25, 0.3) is 0 Å². The summed E-state index contributed by atoms with van der Waals surface area (Å²) in [5, 5.41) is 3.49. The second kappa shape index (κ2) is 6.54. The first-order valence-corrected chi connectivity index (χ1v) is 6.15. The molecule has 0 fully saturated rings. The van der Waals surface area contributed by atoms with Gasteiger partial charge >= 0.3 is 0 Å². The zero-order valence-electron chi connectivity index (χ0n) is 10.8. The lowest BCUT2D eigenvalue weighted by Gasteiger charge is -2.18. The normalized spacial score (nSPS) is 12.5. The first kappa shape index (κ1) is 13.0. The molecule has 0 aliphatic heterocycles. The molecule has 1 atom stereocenters. The van der Waals surface area contributed by atoms with Crippen LogP contribution in [0.15, 0.2) is 18.2 Å². The van der Waals surface area contributed by atoms with Gasteiger partial charge in [0, 0.05) is 11.6 Å². The molecule has 1 rings (SSSR count). The Kier molecular flexibility index (Phi) is 5.33.